The second-order valence-corrected chi connectivity index (χ2v) is 5.44. The predicted molar refractivity (Wildman–Crippen MR) is 86.9 cm³/mol. The fraction of sp³-hybridized carbons (Fsp3) is 0.133. The van der Waals surface area contributed by atoms with E-state index in [9.17, 15) is 28.1 Å². The molecular formula is C15H11ClF3N3O3. The average molecular weight is 374 g/mol. The van der Waals surface area contributed by atoms with Crippen molar-refractivity contribution in [3.63, 3.8) is 0 Å². The standard InChI is InChI=1S/C15H11ClF3N3O3/c1-8-5-13(22(24)25)11(16)7-12(8)21-14(23)20-10-4-2-3-9(6-10)15(17,18)19/h2-7H,1H3,(H2,20,21,23). The molecule has 0 spiro atoms. The summed E-state index contributed by atoms with van der Waals surface area (Å²) in [6.45, 7) is 1.52. The summed E-state index contributed by atoms with van der Waals surface area (Å²) >= 11 is 5.77. The molecule has 2 rings (SSSR count). The van der Waals surface area contributed by atoms with Gasteiger partial charge in [0.2, 0.25) is 0 Å². The van der Waals surface area contributed by atoms with E-state index in [1.54, 1.807) is 0 Å². The molecule has 0 bridgehead atoms. The second kappa shape index (κ2) is 6.98. The Morgan fingerprint density at radius 1 is 1.20 bits per heavy atom. The minimum Gasteiger partial charge on any atom is -0.308 e. The maximum absolute atomic E-state index is 12.7. The summed E-state index contributed by atoms with van der Waals surface area (Å²) in [5, 5.41) is 15.3. The Hall–Kier alpha value is -2.81. The molecule has 0 radical (unpaired) electrons. The molecule has 0 aliphatic heterocycles. The number of carbonyl (C=O) groups excluding carboxylic acids is 1. The number of hydrogen-bond acceptors (Lipinski definition) is 3. The Morgan fingerprint density at radius 2 is 1.88 bits per heavy atom. The summed E-state index contributed by atoms with van der Waals surface area (Å²) < 4.78 is 38.0. The lowest BCUT2D eigenvalue weighted by molar-refractivity contribution is -0.384. The number of alkyl halides is 3. The van der Waals surface area contributed by atoms with E-state index in [2.05, 4.69) is 10.6 Å². The van der Waals surface area contributed by atoms with Gasteiger partial charge in [-0.05, 0) is 36.8 Å². The van der Waals surface area contributed by atoms with Gasteiger partial charge in [0.05, 0.1) is 10.5 Å². The summed E-state index contributed by atoms with van der Waals surface area (Å²) in [5.74, 6) is 0. The zero-order chi connectivity index (χ0) is 18.8. The van der Waals surface area contributed by atoms with Gasteiger partial charge < -0.3 is 10.6 Å². The topological polar surface area (TPSA) is 84.3 Å². The third-order valence-electron chi connectivity index (χ3n) is 3.19. The van der Waals surface area contributed by atoms with Crippen molar-refractivity contribution in [1.82, 2.24) is 0 Å². The average Bonchev–Trinajstić information content (AvgIpc) is 2.49. The largest absolute Gasteiger partial charge is 0.416 e. The van der Waals surface area contributed by atoms with Gasteiger partial charge in [-0.2, -0.15) is 13.2 Å². The molecule has 0 atom stereocenters. The molecule has 0 saturated heterocycles. The minimum atomic E-state index is -4.53. The fourth-order valence-electron chi connectivity index (χ4n) is 2.00. The number of hydrogen-bond donors (Lipinski definition) is 2. The zero-order valence-electron chi connectivity index (χ0n) is 12.6. The maximum atomic E-state index is 12.7. The molecule has 0 saturated carbocycles. The first-order chi connectivity index (χ1) is 11.6. The molecule has 2 aromatic carbocycles. The van der Waals surface area contributed by atoms with Gasteiger partial charge in [0.25, 0.3) is 5.69 Å². The van der Waals surface area contributed by atoms with Crippen LogP contribution in [0.3, 0.4) is 0 Å². The van der Waals surface area contributed by atoms with E-state index in [4.69, 9.17) is 11.6 Å². The number of anilines is 2. The highest BCUT2D eigenvalue weighted by atomic mass is 35.5. The van der Waals surface area contributed by atoms with Gasteiger partial charge in [-0.1, -0.05) is 17.7 Å². The highest BCUT2D eigenvalue weighted by Gasteiger charge is 2.30. The van der Waals surface area contributed by atoms with Gasteiger partial charge in [-0.25, -0.2) is 4.79 Å². The molecule has 132 valence electrons. The first-order valence-corrected chi connectivity index (χ1v) is 7.15. The summed E-state index contributed by atoms with van der Waals surface area (Å²) in [4.78, 5) is 22.1. The van der Waals surface area contributed by atoms with Crippen LogP contribution < -0.4 is 10.6 Å². The molecule has 0 aliphatic rings. The van der Waals surface area contributed by atoms with Gasteiger partial charge in [0.1, 0.15) is 5.02 Å². The van der Waals surface area contributed by atoms with Crippen molar-refractivity contribution in [3.05, 3.63) is 62.7 Å². The van der Waals surface area contributed by atoms with E-state index < -0.39 is 22.7 Å². The van der Waals surface area contributed by atoms with Gasteiger partial charge in [-0.3, -0.25) is 10.1 Å². The SMILES string of the molecule is Cc1cc([N+](=O)[O-])c(Cl)cc1NC(=O)Nc1cccc(C(F)(F)F)c1. The second-order valence-electron chi connectivity index (χ2n) is 5.03. The molecule has 0 aliphatic carbocycles. The lowest BCUT2D eigenvalue weighted by atomic mass is 10.2. The van der Waals surface area contributed by atoms with Crippen LogP contribution >= 0.6 is 11.6 Å². The van der Waals surface area contributed by atoms with Gasteiger partial charge in [0.15, 0.2) is 0 Å². The van der Waals surface area contributed by atoms with Crippen molar-refractivity contribution in [2.45, 2.75) is 13.1 Å². The number of urea groups is 1. The number of amides is 2. The number of nitro benzene ring substituents is 1. The van der Waals surface area contributed by atoms with E-state index >= 15 is 0 Å². The van der Waals surface area contributed by atoms with Crippen molar-refractivity contribution in [3.8, 4) is 0 Å². The van der Waals surface area contributed by atoms with Crippen molar-refractivity contribution in [1.29, 1.82) is 0 Å². The van der Waals surface area contributed by atoms with Crippen molar-refractivity contribution >= 4 is 34.7 Å². The van der Waals surface area contributed by atoms with Crippen LogP contribution in [-0.4, -0.2) is 11.0 Å². The molecule has 2 aromatic rings. The molecule has 0 fully saturated rings. The van der Waals surface area contributed by atoms with Crippen LogP contribution in [0.2, 0.25) is 5.02 Å². The molecule has 10 heteroatoms. The molecule has 25 heavy (non-hydrogen) atoms. The van der Waals surface area contributed by atoms with E-state index in [0.29, 0.717) is 5.56 Å². The van der Waals surface area contributed by atoms with Gasteiger partial charge >= 0.3 is 12.2 Å². The number of carbonyl (C=O) groups is 1. The number of nitrogens with zero attached hydrogens (tertiary/aromatic N) is 1. The van der Waals surface area contributed by atoms with E-state index in [-0.39, 0.29) is 22.1 Å². The van der Waals surface area contributed by atoms with Crippen LogP contribution in [-0.2, 0) is 6.18 Å². The third-order valence-corrected chi connectivity index (χ3v) is 3.49. The number of nitrogens with one attached hydrogen (secondary N) is 2. The number of rotatable bonds is 3. The Bertz CT molecular complexity index is 841. The van der Waals surface area contributed by atoms with Crippen LogP contribution in [0.4, 0.5) is 35.0 Å². The zero-order valence-corrected chi connectivity index (χ0v) is 13.4. The maximum Gasteiger partial charge on any atom is 0.416 e. The number of benzene rings is 2. The molecule has 2 amide bonds. The number of aryl methyl sites for hydroxylation is 1. The molecular weight excluding hydrogens is 363 g/mol. The van der Waals surface area contributed by atoms with Crippen LogP contribution in [0.5, 0.6) is 0 Å². The molecule has 0 heterocycles. The Kier molecular flexibility index (Phi) is 5.17. The summed E-state index contributed by atoms with van der Waals surface area (Å²) in [6, 6.07) is 5.69. The summed E-state index contributed by atoms with van der Waals surface area (Å²) in [7, 11) is 0. The van der Waals surface area contributed by atoms with Crippen molar-refractivity contribution in [2.75, 3.05) is 10.6 Å². The Labute approximate surface area is 144 Å². The molecule has 0 aromatic heterocycles. The first kappa shape index (κ1) is 18.5. The quantitative estimate of drug-likeness (QED) is 0.571. The summed E-state index contributed by atoms with van der Waals surface area (Å²) in [6.07, 6.45) is -4.53. The first-order valence-electron chi connectivity index (χ1n) is 6.77. The Balaban J connectivity index is 2.16. The lowest BCUT2D eigenvalue weighted by Gasteiger charge is -2.12. The van der Waals surface area contributed by atoms with Crippen molar-refractivity contribution < 1.29 is 22.9 Å². The third kappa shape index (κ3) is 4.60. The smallest absolute Gasteiger partial charge is 0.308 e. The van der Waals surface area contributed by atoms with Crippen LogP contribution in [0, 0.1) is 17.0 Å². The minimum absolute atomic E-state index is 0.0574. The van der Waals surface area contributed by atoms with Crippen molar-refractivity contribution in [2.24, 2.45) is 0 Å². The fourth-order valence-corrected chi connectivity index (χ4v) is 2.23. The lowest BCUT2D eigenvalue weighted by Crippen LogP contribution is -2.20. The normalized spacial score (nSPS) is 11.1. The van der Waals surface area contributed by atoms with Gasteiger partial charge in [-0.15, -0.1) is 0 Å². The predicted octanol–water partition coefficient (Wildman–Crippen LogP) is 5.22. The number of nitro groups is 1. The van der Waals surface area contributed by atoms with E-state index in [0.717, 1.165) is 18.2 Å². The highest BCUT2D eigenvalue weighted by molar-refractivity contribution is 6.33. The number of halogens is 4. The monoisotopic (exact) mass is 373 g/mol. The van der Waals surface area contributed by atoms with E-state index in [1.807, 2.05) is 0 Å². The molecule has 0 unspecified atom stereocenters. The van der Waals surface area contributed by atoms with Crippen LogP contribution in [0.25, 0.3) is 0 Å². The summed E-state index contributed by atoms with van der Waals surface area (Å²) in [5.41, 5.74) is -0.712. The van der Waals surface area contributed by atoms with E-state index in [1.165, 1.54) is 25.1 Å². The van der Waals surface area contributed by atoms with Gasteiger partial charge in [0, 0.05) is 17.4 Å². The van der Waals surface area contributed by atoms with Crippen LogP contribution in [0.1, 0.15) is 11.1 Å². The molecule has 6 nitrogen and oxygen atoms in total. The van der Waals surface area contributed by atoms with Crippen LogP contribution in [0.15, 0.2) is 36.4 Å². The highest BCUT2D eigenvalue weighted by Crippen LogP contribution is 2.32. The molecule has 2 N–H and O–H groups in total. The Morgan fingerprint density at radius 3 is 2.48 bits per heavy atom.